The SMILES string of the molecule is O=C(NCCc1cnn(-c2ccccc2)c1)c1ccc(Cl)cc1. The van der Waals surface area contributed by atoms with E-state index >= 15 is 0 Å². The van der Waals surface area contributed by atoms with Crippen LogP contribution in [-0.2, 0) is 6.42 Å². The summed E-state index contributed by atoms with van der Waals surface area (Å²) >= 11 is 5.81. The summed E-state index contributed by atoms with van der Waals surface area (Å²) in [6.07, 6.45) is 4.53. The van der Waals surface area contributed by atoms with Crippen LogP contribution >= 0.6 is 11.6 Å². The molecule has 0 unspecified atom stereocenters. The highest BCUT2D eigenvalue weighted by Gasteiger charge is 2.05. The second-order valence-electron chi connectivity index (χ2n) is 5.14. The van der Waals surface area contributed by atoms with Gasteiger partial charge in [0.1, 0.15) is 0 Å². The number of hydrogen-bond acceptors (Lipinski definition) is 2. The van der Waals surface area contributed by atoms with E-state index in [1.54, 1.807) is 24.3 Å². The molecule has 0 atom stereocenters. The molecule has 23 heavy (non-hydrogen) atoms. The minimum atomic E-state index is -0.0999. The molecule has 0 aliphatic rings. The Kier molecular flexibility index (Phi) is 4.74. The third-order valence-electron chi connectivity index (χ3n) is 3.46. The zero-order valence-electron chi connectivity index (χ0n) is 12.4. The number of para-hydroxylation sites is 1. The molecule has 1 aromatic heterocycles. The topological polar surface area (TPSA) is 46.9 Å². The molecular formula is C18H16ClN3O. The summed E-state index contributed by atoms with van der Waals surface area (Å²) in [4.78, 5) is 12.0. The van der Waals surface area contributed by atoms with Crippen molar-refractivity contribution in [1.82, 2.24) is 15.1 Å². The molecule has 2 aromatic carbocycles. The first-order valence-electron chi connectivity index (χ1n) is 7.35. The van der Waals surface area contributed by atoms with Crippen molar-refractivity contribution in [3.63, 3.8) is 0 Å². The van der Waals surface area contributed by atoms with Crippen molar-refractivity contribution in [3.05, 3.63) is 83.1 Å². The van der Waals surface area contributed by atoms with E-state index in [-0.39, 0.29) is 5.91 Å². The maximum absolute atomic E-state index is 12.0. The van der Waals surface area contributed by atoms with Gasteiger partial charge in [-0.3, -0.25) is 4.79 Å². The molecule has 0 fully saturated rings. The van der Waals surface area contributed by atoms with Gasteiger partial charge < -0.3 is 5.32 Å². The Morgan fingerprint density at radius 2 is 1.83 bits per heavy atom. The van der Waals surface area contributed by atoms with E-state index in [0.29, 0.717) is 17.1 Å². The van der Waals surface area contributed by atoms with Crippen LogP contribution in [-0.4, -0.2) is 22.2 Å². The highest BCUT2D eigenvalue weighted by molar-refractivity contribution is 6.30. The summed E-state index contributed by atoms with van der Waals surface area (Å²) in [6.45, 7) is 0.557. The van der Waals surface area contributed by atoms with Crippen molar-refractivity contribution < 1.29 is 4.79 Å². The maximum atomic E-state index is 12.0. The lowest BCUT2D eigenvalue weighted by atomic mass is 10.2. The first-order chi connectivity index (χ1) is 11.2. The molecule has 1 amide bonds. The molecule has 3 aromatic rings. The molecule has 0 spiro atoms. The molecule has 116 valence electrons. The number of nitrogens with zero attached hydrogens (tertiary/aromatic N) is 2. The molecule has 5 heteroatoms. The van der Waals surface area contributed by atoms with E-state index in [9.17, 15) is 4.79 Å². The number of nitrogens with one attached hydrogen (secondary N) is 1. The molecule has 0 bridgehead atoms. The van der Waals surface area contributed by atoms with E-state index in [2.05, 4.69) is 10.4 Å². The first kappa shape index (κ1) is 15.3. The predicted molar refractivity (Wildman–Crippen MR) is 91.1 cm³/mol. The summed E-state index contributed by atoms with van der Waals surface area (Å²) in [5.41, 5.74) is 2.70. The van der Waals surface area contributed by atoms with Gasteiger partial charge in [0.15, 0.2) is 0 Å². The lowest BCUT2D eigenvalue weighted by Crippen LogP contribution is -2.25. The summed E-state index contributed by atoms with van der Waals surface area (Å²) in [7, 11) is 0. The zero-order valence-corrected chi connectivity index (χ0v) is 13.2. The van der Waals surface area contributed by atoms with Crippen LogP contribution in [0.5, 0.6) is 0 Å². The Labute approximate surface area is 139 Å². The minimum Gasteiger partial charge on any atom is -0.352 e. The molecule has 0 saturated heterocycles. The Bertz CT molecular complexity index is 782. The van der Waals surface area contributed by atoms with Crippen LogP contribution < -0.4 is 5.32 Å². The number of rotatable bonds is 5. The summed E-state index contributed by atoms with van der Waals surface area (Å²) in [5, 5.41) is 7.86. The number of aromatic nitrogens is 2. The van der Waals surface area contributed by atoms with Crippen molar-refractivity contribution in [3.8, 4) is 5.69 Å². The van der Waals surface area contributed by atoms with Crippen molar-refractivity contribution in [1.29, 1.82) is 0 Å². The number of amides is 1. The Hall–Kier alpha value is -2.59. The Morgan fingerprint density at radius 1 is 1.09 bits per heavy atom. The Morgan fingerprint density at radius 3 is 2.57 bits per heavy atom. The third kappa shape index (κ3) is 3.99. The molecule has 0 aliphatic carbocycles. The van der Waals surface area contributed by atoms with Crippen molar-refractivity contribution >= 4 is 17.5 Å². The van der Waals surface area contributed by atoms with Gasteiger partial charge in [-0.1, -0.05) is 29.8 Å². The van der Waals surface area contributed by atoms with Crippen molar-refractivity contribution in [2.75, 3.05) is 6.54 Å². The lowest BCUT2D eigenvalue weighted by molar-refractivity contribution is 0.0954. The third-order valence-corrected chi connectivity index (χ3v) is 3.71. The second-order valence-corrected chi connectivity index (χ2v) is 5.58. The fourth-order valence-electron chi connectivity index (χ4n) is 2.23. The fraction of sp³-hybridized carbons (Fsp3) is 0.111. The largest absolute Gasteiger partial charge is 0.352 e. The first-order valence-corrected chi connectivity index (χ1v) is 7.73. The van der Waals surface area contributed by atoms with Crippen LogP contribution in [0.3, 0.4) is 0 Å². The predicted octanol–water partition coefficient (Wildman–Crippen LogP) is 3.50. The average molecular weight is 326 g/mol. The number of halogens is 1. The quantitative estimate of drug-likeness (QED) is 0.780. The number of hydrogen-bond donors (Lipinski definition) is 1. The van der Waals surface area contributed by atoms with Crippen LogP contribution in [0.15, 0.2) is 67.0 Å². The summed E-state index contributed by atoms with van der Waals surface area (Å²) in [6, 6.07) is 16.8. The van der Waals surface area contributed by atoms with E-state index in [1.165, 1.54) is 0 Å². The molecular weight excluding hydrogens is 310 g/mol. The van der Waals surface area contributed by atoms with Gasteiger partial charge >= 0.3 is 0 Å². The molecule has 0 saturated carbocycles. The highest BCUT2D eigenvalue weighted by atomic mass is 35.5. The van der Waals surface area contributed by atoms with Gasteiger partial charge in [0.2, 0.25) is 0 Å². The minimum absolute atomic E-state index is 0.0999. The summed E-state index contributed by atoms with van der Waals surface area (Å²) in [5.74, 6) is -0.0999. The number of carbonyl (C=O) groups is 1. The van der Waals surface area contributed by atoms with Gasteiger partial charge in [0.25, 0.3) is 5.91 Å². The lowest BCUT2D eigenvalue weighted by Gasteiger charge is -2.04. The van der Waals surface area contributed by atoms with Gasteiger partial charge in [0, 0.05) is 23.3 Å². The zero-order chi connectivity index (χ0) is 16.1. The van der Waals surface area contributed by atoms with Gasteiger partial charge in [-0.25, -0.2) is 4.68 Å². The maximum Gasteiger partial charge on any atom is 0.251 e. The van der Waals surface area contributed by atoms with E-state index < -0.39 is 0 Å². The van der Waals surface area contributed by atoms with Crippen LogP contribution in [0.4, 0.5) is 0 Å². The molecule has 3 rings (SSSR count). The monoisotopic (exact) mass is 325 g/mol. The van der Waals surface area contributed by atoms with Crippen LogP contribution in [0.25, 0.3) is 5.69 Å². The smallest absolute Gasteiger partial charge is 0.251 e. The normalized spacial score (nSPS) is 10.5. The molecule has 1 heterocycles. The molecule has 0 aliphatic heterocycles. The number of carbonyl (C=O) groups excluding carboxylic acids is 1. The van der Waals surface area contributed by atoms with Gasteiger partial charge in [-0.2, -0.15) is 5.10 Å². The highest BCUT2D eigenvalue weighted by Crippen LogP contribution is 2.10. The average Bonchev–Trinajstić information content (AvgIpc) is 3.05. The van der Waals surface area contributed by atoms with Crippen molar-refractivity contribution in [2.45, 2.75) is 6.42 Å². The van der Waals surface area contributed by atoms with E-state index in [1.807, 2.05) is 47.4 Å². The van der Waals surface area contributed by atoms with Gasteiger partial charge in [-0.15, -0.1) is 0 Å². The van der Waals surface area contributed by atoms with Crippen LogP contribution in [0.1, 0.15) is 15.9 Å². The van der Waals surface area contributed by atoms with E-state index in [0.717, 1.165) is 17.7 Å². The Balaban J connectivity index is 1.54. The fourth-order valence-corrected chi connectivity index (χ4v) is 2.36. The molecule has 1 N–H and O–H groups in total. The van der Waals surface area contributed by atoms with Gasteiger partial charge in [0.05, 0.1) is 11.9 Å². The van der Waals surface area contributed by atoms with Gasteiger partial charge in [-0.05, 0) is 48.4 Å². The van der Waals surface area contributed by atoms with Crippen molar-refractivity contribution in [2.24, 2.45) is 0 Å². The number of benzene rings is 2. The van der Waals surface area contributed by atoms with Crippen LogP contribution in [0.2, 0.25) is 5.02 Å². The second kappa shape index (κ2) is 7.11. The standard InChI is InChI=1S/C18H16ClN3O/c19-16-8-6-15(7-9-16)18(23)20-11-10-14-12-21-22(13-14)17-4-2-1-3-5-17/h1-9,12-13H,10-11H2,(H,20,23). The van der Waals surface area contributed by atoms with Crippen LogP contribution in [0, 0.1) is 0 Å². The molecule has 0 radical (unpaired) electrons. The van der Waals surface area contributed by atoms with E-state index in [4.69, 9.17) is 11.6 Å². The molecule has 4 nitrogen and oxygen atoms in total. The summed E-state index contributed by atoms with van der Waals surface area (Å²) < 4.78 is 1.83.